The Morgan fingerprint density at radius 2 is 1.97 bits per heavy atom. The number of benzene rings is 1. The van der Waals surface area contributed by atoms with Crippen LogP contribution in [0, 0.1) is 5.92 Å². The lowest BCUT2D eigenvalue weighted by Crippen LogP contribution is -2.52. The molecule has 2 aliphatic heterocycles. The number of nitrogens with zero attached hydrogens (tertiary/aromatic N) is 3. The molecular formula is C23H30N4O5S. The van der Waals surface area contributed by atoms with E-state index in [1.165, 1.54) is 14.8 Å². The summed E-state index contributed by atoms with van der Waals surface area (Å²) in [5, 5.41) is 12.5. The Morgan fingerprint density at radius 1 is 1.27 bits per heavy atom. The molecule has 3 heterocycles. The van der Waals surface area contributed by atoms with Crippen molar-refractivity contribution in [1.29, 1.82) is 0 Å². The van der Waals surface area contributed by atoms with Crippen molar-refractivity contribution in [3.8, 4) is 5.88 Å². The first-order valence-corrected chi connectivity index (χ1v) is 12.6. The predicted molar refractivity (Wildman–Crippen MR) is 125 cm³/mol. The highest BCUT2D eigenvalue weighted by Crippen LogP contribution is 2.37. The van der Waals surface area contributed by atoms with E-state index in [0.29, 0.717) is 24.7 Å². The van der Waals surface area contributed by atoms with Crippen LogP contribution in [0.4, 0.5) is 11.4 Å². The quantitative estimate of drug-likeness (QED) is 0.665. The Kier molecular flexibility index (Phi) is 6.87. The number of anilines is 2. The van der Waals surface area contributed by atoms with Crippen LogP contribution in [0.25, 0.3) is 0 Å². The molecule has 10 heteroatoms. The van der Waals surface area contributed by atoms with E-state index in [2.05, 4.69) is 17.2 Å². The Bertz CT molecular complexity index is 1090. The molecule has 0 unspecified atom stereocenters. The maximum absolute atomic E-state index is 13.5. The molecule has 1 amide bonds. The molecule has 0 radical (unpaired) electrons. The number of hydrogen-bond acceptors (Lipinski definition) is 6. The summed E-state index contributed by atoms with van der Waals surface area (Å²) in [5.74, 6) is -0.0307. The van der Waals surface area contributed by atoms with Crippen LogP contribution in [0.3, 0.4) is 0 Å². The molecule has 4 rings (SSSR count). The number of carbonyl (C=O) groups is 1. The highest BCUT2D eigenvalue weighted by Gasteiger charge is 2.39. The Balaban J connectivity index is 1.60. The Labute approximate surface area is 194 Å². The lowest BCUT2D eigenvalue weighted by atomic mass is 10.0. The second kappa shape index (κ2) is 9.66. The third-order valence-corrected chi connectivity index (χ3v) is 8.18. The number of aliphatic hydroxyl groups excluding tert-OH is 1. The molecule has 0 aliphatic carbocycles. The number of pyridine rings is 1. The van der Waals surface area contributed by atoms with Crippen molar-refractivity contribution < 1.29 is 23.1 Å². The fourth-order valence-electron chi connectivity index (χ4n) is 4.07. The van der Waals surface area contributed by atoms with E-state index in [-0.39, 0.29) is 30.6 Å². The zero-order valence-electron chi connectivity index (χ0n) is 18.8. The molecule has 0 spiro atoms. The number of rotatable bonds is 6. The van der Waals surface area contributed by atoms with Crippen LogP contribution >= 0.6 is 0 Å². The summed E-state index contributed by atoms with van der Waals surface area (Å²) in [6.07, 6.45) is 2.31. The van der Waals surface area contributed by atoms with Crippen LogP contribution in [0.2, 0.25) is 0 Å². The SMILES string of the molecule is CC1CCN(S(=O)(=O)N2C[C@H](CO)Oc3ncc(NC(=O)[C@@H](C)c4ccccc4)cc32)CC1. The molecule has 2 atom stereocenters. The molecule has 2 N–H and O–H groups in total. The summed E-state index contributed by atoms with van der Waals surface area (Å²) < 4.78 is 35.4. The van der Waals surface area contributed by atoms with Gasteiger partial charge >= 0.3 is 10.2 Å². The molecule has 1 aromatic carbocycles. The van der Waals surface area contributed by atoms with Crippen LogP contribution in [0.15, 0.2) is 42.6 Å². The average molecular weight is 475 g/mol. The Morgan fingerprint density at radius 3 is 2.64 bits per heavy atom. The first-order valence-electron chi connectivity index (χ1n) is 11.2. The van der Waals surface area contributed by atoms with Gasteiger partial charge < -0.3 is 15.2 Å². The maximum atomic E-state index is 13.5. The summed E-state index contributed by atoms with van der Waals surface area (Å²) in [6.45, 7) is 4.44. The van der Waals surface area contributed by atoms with Crippen molar-refractivity contribution in [3.05, 3.63) is 48.2 Å². The summed E-state index contributed by atoms with van der Waals surface area (Å²) in [7, 11) is -3.85. The van der Waals surface area contributed by atoms with Gasteiger partial charge in [0.25, 0.3) is 0 Å². The Hall–Kier alpha value is -2.69. The number of fused-ring (bicyclic) bond motifs is 1. The van der Waals surface area contributed by atoms with Crippen molar-refractivity contribution in [1.82, 2.24) is 9.29 Å². The van der Waals surface area contributed by atoms with Gasteiger partial charge in [0, 0.05) is 13.1 Å². The van der Waals surface area contributed by atoms with Crippen LogP contribution in [-0.4, -0.2) is 61.1 Å². The van der Waals surface area contributed by atoms with Gasteiger partial charge in [-0.1, -0.05) is 37.3 Å². The summed E-state index contributed by atoms with van der Waals surface area (Å²) in [6, 6.07) is 11.0. The van der Waals surface area contributed by atoms with Crippen LogP contribution < -0.4 is 14.4 Å². The second-order valence-electron chi connectivity index (χ2n) is 8.71. The number of hydrogen-bond donors (Lipinski definition) is 2. The summed E-state index contributed by atoms with van der Waals surface area (Å²) in [5.41, 5.74) is 1.50. The second-order valence-corrected chi connectivity index (χ2v) is 10.6. The smallest absolute Gasteiger partial charge is 0.304 e. The molecule has 9 nitrogen and oxygen atoms in total. The van der Waals surface area contributed by atoms with Gasteiger partial charge in [-0.15, -0.1) is 0 Å². The first kappa shape index (κ1) is 23.5. The topological polar surface area (TPSA) is 112 Å². The third kappa shape index (κ3) is 4.97. The summed E-state index contributed by atoms with van der Waals surface area (Å²) >= 11 is 0. The molecule has 0 saturated carbocycles. The van der Waals surface area contributed by atoms with Crippen LogP contribution in [0.5, 0.6) is 5.88 Å². The number of piperidine rings is 1. The fraction of sp³-hybridized carbons (Fsp3) is 0.478. The lowest BCUT2D eigenvalue weighted by Gasteiger charge is -2.39. The van der Waals surface area contributed by atoms with Crippen molar-refractivity contribution in [2.24, 2.45) is 5.92 Å². The van der Waals surface area contributed by atoms with Crippen LogP contribution in [-0.2, 0) is 15.0 Å². The first-order chi connectivity index (χ1) is 15.8. The minimum atomic E-state index is -3.85. The van der Waals surface area contributed by atoms with Gasteiger partial charge in [0.1, 0.15) is 11.8 Å². The molecule has 2 aliphatic rings. The van der Waals surface area contributed by atoms with E-state index in [1.807, 2.05) is 30.3 Å². The highest BCUT2D eigenvalue weighted by atomic mass is 32.2. The number of ether oxygens (including phenoxy) is 1. The van der Waals surface area contributed by atoms with Crippen molar-refractivity contribution >= 4 is 27.5 Å². The minimum Gasteiger partial charge on any atom is -0.468 e. The normalized spacial score (nSPS) is 20.6. The van der Waals surface area contributed by atoms with E-state index >= 15 is 0 Å². The minimum absolute atomic E-state index is 0.0304. The van der Waals surface area contributed by atoms with Gasteiger partial charge in [0.15, 0.2) is 0 Å². The van der Waals surface area contributed by atoms with E-state index < -0.39 is 22.2 Å². The number of aliphatic hydroxyl groups is 1. The standard InChI is InChI=1S/C23H30N4O5S/c1-16-8-10-26(11-9-16)33(30,31)27-14-20(15-28)32-23-21(27)12-19(13-24-23)25-22(29)17(2)18-6-4-3-5-7-18/h3-7,12-13,16-17,20,28H,8-11,14-15H2,1-2H3,(H,25,29)/t17-,20+/m0/s1. The number of nitrogens with one attached hydrogen (secondary N) is 1. The van der Waals surface area contributed by atoms with Crippen LogP contribution in [0.1, 0.15) is 38.2 Å². The third-order valence-electron chi connectivity index (χ3n) is 6.26. The molecule has 1 aromatic heterocycles. The van der Waals surface area contributed by atoms with Crippen molar-refractivity contribution in [2.75, 3.05) is 35.9 Å². The average Bonchev–Trinajstić information content (AvgIpc) is 2.83. The van der Waals surface area contributed by atoms with Crippen molar-refractivity contribution in [3.63, 3.8) is 0 Å². The number of amides is 1. The molecule has 1 fully saturated rings. The van der Waals surface area contributed by atoms with Gasteiger partial charge in [-0.3, -0.25) is 4.79 Å². The maximum Gasteiger partial charge on any atom is 0.304 e. The van der Waals surface area contributed by atoms with Crippen molar-refractivity contribution in [2.45, 2.75) is 38.7 Å². The van der Waals surface area contributed by atoms with Gasteiger partial charge in [0.05, 0.1) is 31.0 Å². The predicted octanol–water partition coefficient (Wildman–Crippen LogP) is 2.36. The molecule has 178 valence electrons. The monoisotopic (exact) mass is 474 g/mol. The zero-order chi connectivity index (χ0) is 23.6. The largest absolute Gasteiger partial charge is 0.468 e. The molecule has 1 saturated heterocycles. The highest BCUT2D eigenvalue weighted by molar-refractivity contribution is 7.90. The van der Waals surface area contributed by atoms with E-state index in [9.17, 15) is 18.3 Å². The molecule has 33 heavy (non-hydrogen) atoms. The molecular weight excluding hydrogens is 444 g/mol. The van der Waals surface area contributed by atoms with Gasteiger partial charge in [-0.2, -0.15) is 12.7 Å². The molecule has 0 bridgehead atoms. The lowest BCUT2D eigenvalue weighted by molar-refractivity contribution is -0.117. The van der Waals surface area contributed by atoms with Gasteiger partial charge in [0.2, 0.25) is 11.8 Å². The number of aromatic nitrogens is 1. The van der Waals surface area contributed by atoms with Gasteiger partial charge in [-0.25, -0.2) is 9.29 Å². The zero-order valence-corrected chi connectivity index (χ0v) is 19.7. The van der Waals surface area contributed by atoms with E-state index in [0.717, 1.165) is 18.4 Å². The van der Waals surface area contributed by atoms with E-state index in [4.69, 9.17) is 4.74 Å². The fourth-order valence-corrected chi connectivity index (χ4v) is 5.75. The number of carbonyl (C=O) groups excluding carboxylic acids is 1. The molecule has 2 aromatic rings. The van der Waals surface area contributed by atoms with Gasteiger partial charge in [-0.05, 0) is 37.3 Å². The summed E-state index contributed by atoms with van der Waals surface area (Å²) in [4.78, 5) is 17.0. The van der Waals surface area contributed by atoms with E-state index in [1.54, 1.807) is 13.0 Å².